The van der Waals surface area contributed by atoms with Crippen molar-refractivity contribution in [1.29, 1.82) is 0 Å². The molecule has 4 rings (SSSR count). The average molecular weight is 390 g/mol. The van der Waals surface area contributed by atoms with Crippen LogP contribution in [-0.2, 0) is 4.79 Å². The number of imidazole rings is 1. The Labute approximate surface area is 156 Å². The number of fused-ring (bicyclic) bond motifs is 1. The van der Waals surface area contributed by atoms with Gasteiger partial charge in [-0.05, 0) is 47.7 Å². The van der Waals surface area contributed by atoms with Crippen LogP contribution in [0.5, 0.6) is 0 Å². The normalized spacial score (nSPS) is 16.0. The number of amides is 2. The lowest BCUT2D eigenvalue weighted by atomic mass is 10.2. The summed E-state index contributed by atoms with van der Waals surface area (Å²) in [7, 11) is 0. The number of hydrogen-bond donors (Lipinski definition) is 1. The fraction of sp³-hybridized carbons (Fsp3) is 0. The quantitative estimate of drug-likeness (QED) is 0.647. The molecule has 1 aromatic heterocycles. The lowest BCUT2D eigenvalue weighted by molar-refractivity contribution is -0.115. The molecule has 2 aromatic carbocycles. The molecule has 0 bridgehead atoms. The van der Waals surface area contributed by atoms with Gasteiger partial charge in [-0.3, -0.25) is 19.5 Å². The average Bonchev–Trinajstić information content (AvgIpc) is 3.12. The molecule has 0 radical (unpaired) electrons. The predicted octanol–water partition coefficient (Wildman–Crippen LogP) is 4.66. The van der Waals surface area contributed by atoms with E-state index in [-0.39, 0.29) is 11.1 Å². The van der Waals surface area contributed by atoms with Crippen LogP contribution in [0.15, 0.2) is 47.6 Å². The van der Waals surface area contributed by atoms with Crippen LogP contribution in [0, 0.1) is 0 Å². The molecular weight excluding hydrogens is 381 g/mol. The third-order valence-corrected chi connectivity index (χ3v) is 5.23. The van der Waals surface area contributed by atoms with Crippen molar-refractivity contribution in [2.45, 2.75) is 0 Å². The Morgan fingerprint density at radius 1 is 1.08 bits per heavy atom. The number of nitrogens with one attached hydrogen (secondary N) is 1. The minimum atomic E-state index is -0.369. The highest BCUT2D eigenvalue weighted by molar-refractivity contribution is 8.18. The van der Waals surface area contributed by atoms with Gasteiger partial charge >= 0.3 is 0 Å². The van der Waals surface area contributed by atoms with E-state index in [9.17, 15) is 9.59 Å². The van der Waals surface area contributed by atoms with Gasteiger partial charge in [-0.15, -0.1) is 0 Å². The smallest absolute Gasteiger partial charge is 0.290 e. The Balaban J connectivity index is 1.69. The number of carbonyl (C=O) groups is 2. The highest BCUT2D eigenvalue weighted by atomic mass is 35.5. The van der Waals surface area contributed by atoms with Gasteiger partial charge in [-0.1, -0.05) is 35.3 Å². The Morgan fingerprint density at radius 3 is 2.48 bits per heavy atom. The number of halogens is 2. The second-order valence-corrected chi connectivity index (χ2v) is 7.14. The van der Waals surface area contributed by atoms with Crippen molar-refractivity contribution in [1.82, 2.24) is 14.9 Å². The van der Waals surface area contributed by atoms with Gasteiger partial charge in [0, 0.05) is 5.69 Å². The first-order valence-electron chi connectivity index (χ1n) is 7.19. The molecule has 0 aliphatic carbocycles. The number of imide groups is 1. The number of rotatable bonds is 2. The standard InChI is InChI=1S/C17H9Cl2N3O2S/c18-11-6-13-14(7-12(11)19)22(8-20-13)10-3-1-9(2-4-10)5-15-16(23)21-17(24)25-15/h1-8H,(H,21,23,24). The van der Waals surface area contributed by atoms with Crippen molar-refractivity contribution < 1.29 is 9.59 Å². The van der Waals surface area contributed by atoms with E-state index in [1.807, 2.05) is 28.8 Å². The van der Waals surface area contributed by atoms with E-state index >= 15 is 0 Å². The minimum absolute atomic E-state index is 0.353. The fourth-order valence-electron chi connectivity index (χ4n) is 2.51. The Hall–Kier alpha value is -2.28. The van der Waals surface area contributed by atoms with Crippen LogP contribution < -0.4 is 5.32 Å². The molecule has 25 heavy (non-hydrogen) atoms. The molecule has 1 N–H and O–H groups in total. The molecule has 1 aliphatic heterocycles. The first-order chi connectivity index (χ1) is 12.0. The lowest BCUT2D eigenvalue weighted by Crippen LogP contribution is -2.17. The van der Waals surface area contributed by atoms with Crippen molar-refractivity contribution in [2.24, 2.45) is 0 Å². The summed E-state index contributed by atoms with van der Waals surface area (Å²) >= 11 is 13.0. The Bertz CT molecular complexity index is 1060. The highest BCUT2D eigenvalue weighted by Gasteiger charge is 2.24. The summed E-state index contributed by atoms with van der Waals surface area (Å²) in [6.07, 6.45) is 3.38. The zero-order valence-electron chi connectivity index (χ0n) is 12.5. The molecular formula is C17H9Cl2N3O2S. The van der Waals surface area contributed by atoms with Gasteiger partial charge in [-0.2, -0.15) is 0 Å². The summed E-state index contributed by atoms with van der Waals surface area (Å²) in [5.41, 5.74) is 3.30. The molecule has 1 fully saturated rings. The zero-order chi connectivity index (χ0) is 17.6. The Morgan fingerprint density at radius 2 is 1.80 bits per heavy atom. The highest BCUT2D eigenvalue weighted by Crippen LogP contribution is 2.29. The number of carbonyl (C=O) groups excluding carboxylic acids is 2. The number of aromatic nitrogens is 2. The maximum absolute atomic E-state index is 11.6. The van der Waals surface area contributed by atoms with E-state index < -0.39 is 0 Å². The van der Waals surface area contributed by atoms with Gasteiger partial charge in [0.1, 0.15) is 6.33 Å². The monoisotopic (exact) mass is 389 g/mol. The zero-order valence-corrected chi connectivity index (χ0v) is 14.8. The maximum atomic E-state index is 11.6. The summed E-state index contributed by atoms with van der Waals surface area (Å²) in [6, 6.07) is 11.0. The molecule has 2 heterocycles. The third kappa shape index (κ3) is 3.04. The van der Waals surface area contributed by atoms with E-state index in [2.05, 4.69) is 10.3 Å². The summed E-state index contributed by atoms with van der Waals surface area (Å²) < 4.78 is 1.90. The summed E-state index contributed by atoms with van der Waals surface area (Å²) in [4.78, 5) is 27.5. The van der Waals surface area contributed by atoms with Crippen molar-refractivity contribution in [3.63, 3.8) is 0 Å². The van der Waals surface area contributed by atoms with Crippen molar-refractivity contribution in [2.75, 3.05) is 0 Å². The van der Waals surface area contributed by atoms with Crippen LogP contribution in [0.25, 0.3) is 22.8 Å². The first kappa shape index (κ1) is 16.2. The van der Waals surface area contributed by atoms with Gasteiger partial charge < -0.3 is 0 Å². The van der Waals surface area contributed by atoms with Gasteiger partial charge in [0.15, 0.2) is 0 Å². The molecule has 2 amide bonds. The molecule has 0 spiro atoms. The molecule has 8 heteroatoms. The molecule has 1 saturated heterocycles. The van der Waals surface area contributed by atoms with Crippen LogP contribution in [0.3, 0.4) is 0 Å². The van der Waals surface area contributed by atoms with Crippen molar-refractivity contribution >= 4 is 63.2 Å². The van der Waals surface area contributed by atoms with E-state index in [4.69, 9.17) is 23.2 Å². The number of thioether (sulfide) groups is 1. The maximum Gasteiger partial charge on any atom is 0.290 e. The van der Waals surface area contributed by atoms with Gasteiger partial charge in [0.2, 0.25) is 0 Å². The minimum Gasteiger partial charge on any atom is -0.299 e. The molecule has 5 nitrogen and oxygen atoms in total. The largest absolute Gasteiger partial charge is 0.299 e. The van der Waals surface area contributed by atoms with E-state index in [0.717, 1.165) is 34.0 Å². The molecule has 0 atom stereocenters. The molecule has 0 saturated carbocycles. The SMILES string of the molecule is O=C1NC(=O)C(=Cc2ccc(-n3cnc4cc(Cl)c(Cl)cc43)cc2)S1. The first-order valence-corrected chi connectivity index (χ1v) is 8.76. The van der Waals surface area contributed by atoms with E-state index in [1.54, 1.807) is 24.5 Å². The van der Waals surface area contributed by atoms with Crippen LogP contribution in [0.2, 0.25) is 10.0 Å². The molecule has 1 aliphatic rings. The second-order valence-electron chi connectivity index (χ2n) is 5.31. The van der Waals surface area contributed by atoms with Crippen molar-refractivity contribution in [3.8, 4) is 5.69 Å². The van der Waals surface area contributed by atoms with Gasteiger partial charge in [0.25, 0.3) is 11.1 Å². The summed E-state index contributed by atoms with van der Waals surface area (Å²) in [5, 5.41) is 2.80. The van der Waals surface area contributed by atoms with Gasteiger partial charge in [0.05, 0.1) is 26.0 Å². The van der Waals surface area contributed by atoms with Crippen LogP contribution >= 0.6 is 35.0 Å². The van der Waals surface area contributed by atoms with Crippen LogP contribution in [-0.4, -0.2) is 20.7 Å². The fourth-order valence-corrected chi connectivity index (χ4v) is 3.51. The third-order valence-electron chi connectivity index (χ3n) is 3.70. The predicted molar refractivity (Wildman–Crippen MR) is 100 cm³/mol. The van der Waals surface area contributed by atoms with Crippen LogP contribution in [0.1, 0.15) is 5.56 Å². The summed E-state index contributed by atoms with van der Waals surface area (Å²) in [5.74, 6) is -0.369. The molecule has 124 valence electrons. The number of benzene rings is 2. The van der Waals surface area contributed by atoms with E-state index in [1.165, 1.54) is 0 Å². The topological polar surface area (TPSA) is 64.0 Å². The molecule has 3 aromatic rings. The Kier molecular flexibility index (Phi) is 4.03. The second kappa shape index (κ2) is 6.22. The molecule has 0 unspecified atom stereocenters. The summed E-state index contributed by atoms with van der Waals surface area (Å²) in [6.45, 7) is 0. The van der Waals surface area contributed by atoms with Gasteiger partial charge in [-0.25, -0.2) is 4.98 Å². The van der Waals surface area contributed by atoms with Crippen molar-refractivity contribution in [3.05, 3.63) is 63.2 Å². The number of nitrogens with zero attached hydrogens (tertiary/aromatic N) is 2. The number of hydrogen-bond acceptors (Lipinski definition) is 4. The van der Waals surface area contributed by atoms with Crippen LogP contribution in [0.4, 0.5) is 4.79 Å². The lowest BCUT2D eigenvalue weighted by Gasteiger charge is -2.06. The van der Waals surface area contributed by atoms with E-state index in [0.29, 0.717) is 15.0 Å².